The molecule has 0 radical (unpaired) electrons. The molecule has 5 heteroatoms. The summed E-state index contributed by atoms with van der Waals surface area (Å²) in [6.45, 7) is 7.02. The molecule has 0 bridgehead atoms. The van der Waals surface area contributed by atoms with Gasteiger partial charge in [0, 0.05) is 25.2 Å². The summed E-state index contributed by atoms with van der Waals surface area (Å²) >= 11 is 0. The van der Waals surface area contributed by atoms with E-state index in [1.807, 2.05) is 0 Å². The van der Waals surface area contributed by atoms with Gasteiger partial charge in [-0.2, -0.15) is 5.10 Å². The number of anilines is 1. The number of piperidine rings is 1. The van der Waals surface area contributed by atoms with Crippen LogP contribution in [0.15, 0.2) is 17.1 Å². The molecular weight excluding hydrogens is 264 g/mol. The Morgan fingerprint density at radius 1 is 1.43 bits per heavy atom. The molecule has 5 nitrogen and oxygen atoms in total. The van der Waals surface area contributed by atoms with Crippen LogP contribution in [0.3, 0.4) is 0 Å². The summed E-state index contributed by atoms with van der Waals surface area (Å²) in [6.07, 6.45) is 6.59. The third-order valence-electron chi connectivity index (χ3n) is 4.18. The van der Waals surface area contributed by atoms with E-state index in [1.54, 1.807) is 16.9 Å². The number of nitrogens with one attached hydrogen (secondary N) is 1. The van der Waals surface area contributed by atoms with E-state index in [0.29, 0.717) is 18.5 Å². The maximum absolute atomic E-state index is 12.1. The first-order chi connectivity index (χ1) is 10.1. The Hall–Kier alpha value is -1.36. The van der Waals surface area contributed by atoms with Crippen LogP contribution in [0.5, 0.6) is 0 Å². The standard InChI is InChI=1S/C16H28N4O/c1-13(2)11-17-14-10-16(21)20(18-12-14)9-7-15-6-4-5-8-19(15)3/h10,12-13,15,17H,4-9,11H2,1-3H3. The van der Waals surface area contributed by atoms with Crippen molar-refractivity contribution in [2.24, 2.45) is 5.92 Å². The van der Waals surface area contributed by atoms with Crippen molar-refractivity contribution in [3.05, 3.63) is 22.6 Å². The zero-order chi connectivity index (χ0) is 15.2. The number of hydrogen-bond donors (Lipinski definition) is 1. The predicted octanol–water partition coefficient (Wildman–Crippen LogP) is 2.19. The molecule has 2 rings (SSSR count). The molecule has 0 saturated carbocycles. The fraction of sp³-hybridized carbons (Fsp3) is 0.750. The second-order valence-corrected chi connectivity index (χ2v) is 6.50. The van der Waals surface area contributed by atoms with E-state index in [4.69, 9.17) is 0 Å². The number of likely N-dealkylation sites (tertiary alicyclic amines) is 1. The summed E-state index contributed by atoms with van der Waals surface area (Å²) in [6, 6.07) is 2.24. The third kappa shape index (κ3) is 4.84. The highest BCUT2D eigenvalue weighted by Crippen LogP contribution is 2.17. The Morgan fingerprint density at radius 3 is 2.90 bits per heavy atom. The van der Waals surface area contributed by atoms with Gasteiger partial charge in [0.25, 0.3) is 5.56 Å². The highest BCUT2D eigenvalue weighted by Gasteiger charge is 2.18. The van der Waals surface area contributed by atoms with Crippen LogP contribution in [0.1, 0.15) is 39.5 Å². The maximum Gasteiger partial charge on any atom is 0.268 e. The summed E-state index contributed by atoms with van der Waals surface area (Å²) in [5, 5.41) is 7.53. The second kappa shape index (κ2) is 7.59. The fourth-order valence-corrected chi connectivity index (χ4v) is 2.80. The molecule has 1 fully saturated rings. The Balaban J connectivity index is 1.90. The molecule has 1 unspecified atom stereocenters. The molecule has 1 aromatic rings. The zero-order valence-electron chi connectivity index (χ0n) is 13.5. The van der Waals surface area contributed by atoms with Gasteiger partial charge in [0.2, 0.25) is 0 Å². The summed E-state index contributed by atoms with van der Waals surface area (Å²) in [4.78, 5) is 14.5. The van der Waals surface area contributed by atoms with E-state index in [-0.39, 0.29) is 5.56 Å². The molecule has 1 aliphatic heterocycles. The van der Waals surface area contributed by atoms with Gasteiger partial charge in [-0.05, 0) is 38.8 Å². The first-order valence-corrected chi connectivity index (χ1v) is 8.07. The van der Waals surface area contributed by atoms with E-state index in [1.165, 1.54) is 25.8 Å². The lowest BCUT2D eigenvalue weighted by Crippen LogP contribution is -2.37. The molecule has 1 atom stereocenters. The average Bonchev–Trinajstić information content (AvgIpc) is 2.45. The molecular formula is C16H28N4O. The SMILES string of the molecule is CC(C)CNc1cnn(CCC2CCCCN2C)c(=O)c1. The minimum absolute atomic E-state index is 0.0118. The molecule has 118 valence electrons. The topological polar surface area (TPSA) is 50.2 Å². The fourth-order valence-electron chi connectivity index (χ4n) is 2.80. The number of hydrogen-bond acceptors (Lipinski definition) is 4. The Labute approximate surface area is 127 Å². The summed E-state index contributed by atoms with van der Waals surface area (Å²) in [7, 11) is 2.18. The van der Waals surface area contributed by atoms with Gasteiger partial charge in [0.05, 0.1) is 11.9 Å². The van der Waals surface area contributed by atoms with Gasteiger partial charge in [-0.3, -0.25) is 4.79 Å². The summed E-state index contributed by atoms with van der Waals surface area (Å²) < 4.78 is 1.59. The largest absolute Gasteiger partial charge is 0.383 e. The summed E-state index contributed by atoms with van der Waals surface area (Å²) in [5.41, 5.74) is 0.807. The van der Waals surface area contributed by atoms with E-state index < -0.39 is 0 Å². The lowest BCUT2D eigenvalue weighted by Gasteiger charge is -2.32. The van der Waals surface area contributed by atoms with Crippen LogP contribution < -0.4 is 10.9 Å². The highest BCUT2D eigenvalue weighted by atomic mass is 16.1. The van der Waals surface area contributed by atoms with Crippen molar-refractivity contribution >= 4 is 5.69 Å². The number of aryl methyl sites for hydroxylation is 1. The smallest absolute Gasteiger partial charge is 0.268 e. The third-order valence-corrected chi connectivity index (χ3v) is 4.18. The van der Waals surface area contributed by atoms with Crippen molar-refractivity contribution in [3.8, 4) is 0 Å². The minimum atomic E-state index is -0.0118. The van der Waals surface area contributed by atoms with Crippen molar-refractivity contribution in [2.45, 2.75) is 52.1 Å². The van der Waals surface area contributed by atoms with E-state index in [2.05, 4.69) is 36.2 Å². The molecule has 0 spiro atoms. The molecule has 1 aliphatic rings. The Morgan fingerprint density at radius 2 is 2.24 bits per heavy atom. The van der Waals surface area contributed by atoms with Gasteiger partial charge in [0.15, 0.2) is 0 Å². The Kier molecular flexibility index (Phi) is 5.79. The highest BCUT2D eigenvalue weighted by molar-refractivity contribution is 5.38. The van der Waals surface area contributed by atoms with Gasteiger partial charge in [0.1, 0.15) is 0 Å². The van der Waals surface area contributed by atoms with Crippen molar-refractivity contribution in [2.75, 3.05) is 25.5 Å². The van der Waals surface area contributed by atoms with Crippen LogP contribution in [0, 0.1) is 5.92 Å². The van der Waals surface area contributed by atoms with Crippen molar-refractivity contribution in [1.82, 2.24) is 14.7 Å². The van der Waals surface area contributed by atoms with Crippen LogP contribution in [0.2, 0.25) is 0 Å². The lowest BCUT2D eigenvalue weighted by molar-refractivity contribution is 0.169. The lowest BCUT2D eigenvalue weighted by atomic mass is 10.0. The van der Waals surface area contributed by atoms with E-state index in [0.717, 1.165) is 18.7 Å². The maximum atomic E-state index is 12.1. The monoisotopic (exact) mass is 292 g/mol. The molecule has 1 N–H and O–H groups in total. The molecule has 2 heterocycles. The number of aromatic nitrogens is 2. The van der Waals surface area contributed by atoms with Crippen LogP contribution in [0.25, 0.3) is 0 Å². The van der Waals surface area contributed by atoms with Gasteiger partial charge in [-0.15, -0.1) is 0 Å². The molecule has 0 aliphatic carbocycles. The molecule has 0 aromatic carbocycles. The average molecular weight is 292 g/mol. The molecule has 1 aromatic heterocycles. The van der Waals surface area contributed by atoms with Crippen molar-refractivity contribution in [1.29, 1.82) is 0 Å². The van der Waals surface area contributed by atoms with E-state index >= 15 is 0 Å². The molecule has 21 heavy (non-hydrogen) atoms. The second-order valence-electron chi connectivity index (χ2n) is 6.50. The quantitative estimate of drug-likeness (QED) is 0.873. The number of rotatable bonds is 6. The van der Waals surface area contributed by atoms with Gasteiger partial charge >= 0.3 is 0 Å². The van der Waals surface area contributed by atoms with Crippen LogP contribution in [0.4, 0.5) is 5.69 Å². The van der Waals surface area contributed by atoms with Crippen LogP contribution >= 0.6 is 0 Å². The summed E-state index contributed by atoms with van der Waals surface area (Å²) in [5.74, 6) is 0.550. The van der Waals surface area contributed by atoms with Crippen molar-refractivity contribution < 1.29 is 0 Å². The zero-order valence-corrected chi connectivity index (χ0v) is 13.5. The number of nitrogens with zero attached hydrogens (tertiary/aromatic N) is 3. The van der Waals surface area contributed by atoms with Gasteiger partial charge in [-0.1, -0.05) is 20.3 Å². The van der Waals surface area contributed by atoms with Crippen molar-refractivity contribution in [3.63, 3.8) is 0 Å². The van der Waals surface area contributed by atoms with Crippen LogP contribution in [-0.4, -0.2) is 40.9 Å². The normalized spacial score (nSPS) is 19.9. The molecule has 0 amide bonds. The predicted molar refractivity (Wildman–Crippen MR) is 86.7 cm³/mol. The first kappa shape index (κ1) is 16.0. The van der Waals surface area contributed by atoms with Gasteiger partial charge in [-0.25, -0.2) is 4.68 Å². The Bertz CT molecular complexity index is 497. The first-order valence-electron chi connectivity index (χ1n) is 8.07. The van der Waals surface area contributed by atoms with E-state index in [9.17, 15) is 4.79 Å². The van der Waals surface area contributed by atoms with Gasteiger partial charge < -0.3 is 10.2 Å². The molecule has 1 saturated heterocycles. The minimum Gasteiger partial charge on any atom is -0.383 e. The van der Waals surface area contributed by atoms with Crippen LogP contribution in [-0.2, 0) is 6.54 Å².